The number of carbonyl (C=O) groups excluding carboxylic acids is 1. The van der Waals surface area contributed by atoms with Crippen molar-refractivity contribution in [3.05, 3.63) is 82.9 Å². The minimum atomic E-state index is -0.0282. The molecule has 0 bridgehead atoms. The van der Waals surface area contributed by atoms with Gasteiger partial charge in [-0.1, -0.05) is 54.6 Å². The largest absolute Gasteiger partial charge is 0.326 e. The van der Waals surface area contributed by atoms with E-state index in [9.17, 15) is 4.79 Å². The third-order valence-corrected chi connectivity index (χ3v) is 3.99. The highest BCUT2D eigenvalue weighted by Gasteiger charge is 2.04. The second-order valence-corrected chi connectivity index (χ2v) is 5.90. The molecule has 0 aliphatic heterocycles. The smallest absolute Gasteiger partial charge is 0.228 e. The van der Waals surface area contributed by atoms with Gasteiger partial charge in [0.2, 0.25) is 5.91 Å². The number of amides is 1. The van der Waals surface area contributed by atoms with Crippen LogP contribution >= 0.6 is 12.6 Å². The van der Waals surface area contributed by atoms with Gasteiger partial charge in [0.1, 0.15) is 0 Å². The van der Waals surface area contributed by atoms with E-state index in [-0.39, 0.29) is 5.91 Å². The zero-order valence-corrected chi connectivity index (χ0v) is 15.3. The van der Waals surface area contributed by atoms with Crippen molar-refractivity contribution in [3.63, 3.8) is 0 Å². The molecule has 2 aromatic rings. The zero-order chi connectivity index (χ0) is 18.1. The normalized spacial score (nSPS) is 12.4. The van der Waals surface area contributed by atoms with Crippen LogP contribution in [-0.2, 0) is 11.2 Å². The molecule has 0 unspecified atom stereocenters. The summed E-state index contributed by atoms with van der Waals surface area (Å²) in [6.45, 7) is 3.85. The Kier molecular flexibility index (Phi) is 7.23. The summed E-state index contributed by atoms with van der Waals surface area (Å²) in [5.41, 5.74) is 3.80. The van der Waals surface area contributed by atoms with E-state index < -0.39 is 0 Å². The molecular weight excluding hydrogens is 328 g/mol. The Morgan fingerprint density at radius 2 is 1.72 bits per heavy atom. The van der Waals surface area contributed by atoms with Gasteiger partial charge in [0.25, 0.3) is 0 Å². The van der Waals surface area contributed by atoms with Gasteiger partial charge in [0, 0.05) is 11.9 Å². The van der Waals surface area contributed by atoms with Crippen LogP contribution < -0.4 is 5.32 Å². The number of nitrogens with one attached hydrogen (secondary N) is 1. The minimum absolute atomic E-state index is 0.0282. The summed E-state index contributed by atoms with van der Waals surface area (Å²) in [7, 11) is 0. The highest BCUT2D eigenvalue weighted by molar-refractivity contribution is 7.84. The molecule has 0 fully saturated rings. The first kappa shape index (κ1) is 18.7. The minimum Gasteiger partial charge on any atom is -0.326 e. The molecule has 128 valence electrons. The van der Waals surface area contributed by atoms with Gasteiger partial charge >= 0.3 is 0 Å². The fourth-order valence-electron chi connectivity index (χ4n) is 2.26. The van der Waals surface area contributed by atoms with Crippen molar-refractivity contribution in [3.8, 4) is 0 Å². The summed E-state index contributed by atoms with van der Waals surface area (Å²) in [5.74, 6) is -0.0282. The Morgan fingerprint density at radius 3 is 2.32 bits per heavy atom. The fourth-order valence-corrected chi connectivity index (χ4v) is 2.32. The van der Waals surface area contributed by atoms with Gasteiger partial charge < -0.3 is 5.32 Å². The van der Waals surface area contributed by atoms with Gasteiger partial charge in [-0.3, -0.25) is 4.79 Å². The lowest BCUT2D eigenvalue weighted by Crippen LogP contribution is -2.14. The molecule has 3 nitrogen and oxygen atoms in total. The molecular formula is C21H22N2OS. The standard InChI is InChI=1S/C21H22N2OS/c1-3-17(15-22-21(25)4-2)18-10-12-19(13-11-18)23-20(24)14-16-8-6-5-7-9-16/h3-13,15,25H,14H2,1-2H3,(H,23,24)/b17-3+,21-4+,22-15-. The average molecular weight is 350 g/mol. The van der Waals surface area contributed by atoms with Crippen molar-refractivity contribution in [2.75, 3.05) is 5.32 Å². The fraction of sp³-hybridized carbons (Fsp3) is 0.143. The van der Waals surface area contributed by atoms with Crippen LogP contribution in [0.15, 0.2) is 76.8 Å². The predicted molar refractivity (Wildman–Crippen MR) is 110 cm³/mol. The number of nitrogens with zero attached hydrogens (tertiary/aromatic N) is 1. The number of rotatable bonds is 6. The van der Waals surface area contributed by atoms with Gasteiger partial charge in [0.15, 0.2) is 0 Å². The van der Waals surface area contributed by atoms with E-state index in [1.54, 1.807) is 6.21 Å². The van der Waals surface area contributed by atoms with Gasteiger partial charge in [0.05, 0.1) is 11.4 Å². The van der Waals surface area contributed by atoms with Crippen molar-refractivity contribution >= 4 is 36.0 Å². The molecule has 1 N–H and O–H groups in total. The van der Waals surface area contributed by atoms with E-state index in [4.69, 9.17) is 0 Å². The molecule has 0 aliphatic rings. The molecule has 4 heteroatoms. The Balaban J connectivity index is 2.01. The molecule has 0 radical (unpaired) electrons. The van der Waals surface area contributed by atoms with Crippen LogP contribution in [0.2, 0.25) is 0 Å². The molecule has 2 aromatic carbocycles. The molecule has 25 heavy (non-hydrogen) atoms. The zero-order valence-electron chi connectivity index (χ0n) is 14.4. The first-order valence-corrected chi connectivity index (χ1v) is 8.57. The van der Waals surface area contributed by atoms with Crippen LogP contribution in [0.25, 0.3) is 5.57 Å². The number of allylic oxidation sites excluding steroid dienone is 3. The van der Waals surface area contributed by atoms with E-state index in [2.05, 4.69) is 22.9 Å². The highest BCUT2D eigenvalue weighted by atomic mass is 32.1. The van der Waals surface area contributed by atoms with Crippen molar-refractivity contribution in [2.24, 2.45) is 4.99 Å². The first-order chi connectivity index (χ1) is 12.1. The SMILES string of the molecule is C\C=C(/C=N\C(S)=C/C)c1ccc(NC(=O)Cc2ccccc2)cc1. The van der Waals surface area contributed by atoms with Crippen molar-refractivity contribution in [1.29, 1.82) is 0 Å². The number of aliphatic imine (C=N–C) groups is 1. The van der Waals surface area contributed by atoms with E-state index >= 15 is 0 Å². The summed E-state index contributed by atoms with van der Waals surface area (Å²) >= 11 is 4.24. The Hall–Kier alpha value is -2.59. The number of hydrogen-bond acceptors (Lipinski definition) is 3. The van der Waals surface area contributed by atoms with E-state index in [1.165, 1.54) is 0 Å². The second kappa shape index (κ2) is 9.64. The molecule has 0 atom stereocenters. The Labute approximate surface area is 154 Å². The molecule has 0 saturated carbocycles. The van der Waals surface area contributed by atoms with Crippen molar-refractivity contribution < 1.29 is 4.79 Å². The Morgan fingerprint density at radius 1 is 1.04 bits per heavy atom. The van der Waals surface area contributed by atoms with E-state index in [0.717, 1.165) is 22.4 Å². The predicted octanol–water partition coefficient (Wildman–Crippen LogP) is 5.13. The number of carbonyl (C=O) groups is 1. The van der Waals surface area contributed by atoms with Gasteiger partial charge in [-0.25, -0.2) is 4.99 Å². The molecule has 0 aliphatic carbocycles. The van der Waals surface area contributed by atoms with Crippen LogP contribution in [0.1, 0.15) is 25.0 Å². The maximum absolute atomic E-state index is 12.1. The maximum Gasteiger partial charge on any atom is 0.228 e. The third-order valence-electron chi connectivity index (χ3n) is 3.61. The van der Waals surface area contributed by atoms with Crippen molar-refractivity contribution in [2.45, 2.75) is 20.3 Å². The summed E-state index contributed by atoms with van der Waals surface area (Å²) in [6, 6.07) is 17.4. The monoisotopic (exact) mass is 350 g/mol. The van der Waals surface area contributed by atoms with Crippen LogP contribution in [0.4, 0.5) is 5.69 Å². The lowest BCUT2D eigenvalue weighted by molar-refractivity contribution is -0.115. The maximum atomic E-state index is 12.1. The summed E-state index contributed by atoms with van der Waals surface area (Å²) in [6.07, 6.45) is 5.97. The average Bonchev–Trinajstić information content (AvgIpc) is 2.64. The van der Waals surface area contributed by atoms with Gasteiger partial charge in [-0.05, 0) is 42.7 Å². The topological polar surface area (TPSA) is 41.5 Å². The van der Waals surface area contributed by atoms with E-state index in [0.29, 0.717) is 11.4 Å². The van der Waals surface area contributed by atoms with Crippen LogP contribution in [0.3, 0.4) is 0 Å². The molecule has 2 rings (SSSR count). The van der Waals surface area contributed by atoms with Crippen molar-refractivity contribution in [1.82, 2.24) is 0 Å². The Bertz CT molecular complexity index is 790. The van der Waals surface area contributed by atoms with Gasteiger partial charge in [-0.15, -0.1) is 12.6 Å². The highest BCUT2D eigenvalue weighted by Crippen LogP contribution is 2.17. The number of hydrogen-bond donors (Lipinski definition) is 2. The van der Waals surface area contributed by atoms with Crippen LogP contribution in [0.5, 0.6) is 0 Å². The summed E-state index contributed by atoms with van der Waals surface area (Å²) in [5, 5.41) is 3.59. The number of benzene rings is 2. The molecule has 0 aromatic heterocycles. The first-order valence-electron chi connectivity index (χ1n) is 8.12. The second-order valence-electron chi connectivity index (χ2n) is 5.44. The van der Waals surface area contributed by atoms with Crippen LogP contribution in [-0.4, -0.2) is 12.1 Å². The van der Waals surface area contributed by atoms with Crippen LogP contribution in [0, 0.1) is 0 Å². The molecule has 1 amide bonds. The quantitative estimate of drug-likeness (QED) is 0.550. The molecule has 0 heterocycles. The van der Waals surface area contributed by atoms with E-state index in [1.807, 2.05) is 80.6 Å². The summed E-state index contributed by atoms with van der Waals surface area (Å²) in [4.78, 5) is 16.4. The molecule has 0 spiro atoms. The number of thiol groups is 1. The lowest BCUT2D eigenvalue weighted by Gasteiger charge is -2.07. The number of anilines is 1. The lowest BCUT2D eigenvalue weighted by atomic mass is 10.1. The van der Waals surface area contributed by atoms with Gasteiger partial charge in [-0.2, -0.15) is 0 Å². The molecule has 0 saturated heterocycles. The summed E-state index contributed by atoms with van der Waals surface area (Å²) < 4.78 is 0. The third kappa shape index (κ3) is 6.08.